The van der Waals surface area contributed by atoms with Gasteiger partial charge >= 0.3 is 0 Å². The van der Waals surface area contributed by atoms with Crippen LogP contribution < -0.4 is 5.32 Å². The van der Waals surface area contributed by atoms with Crippen LogP contribution in [0.1, 0.15) is 29.7 Å². The lowest BCUT2D eigenvalue weighted by molar-refractivity contribution is -0.138. The molecule has 18 heavy (non-hydrogen) atoms. The normalized spacial score (nSPS) is 19.9. The van der Waals surface area contributed by atoms with E-state index in [1.165, 1.54) is 4.90 Å². The molecule has 1 aromatic heterocycles. The lowest BCUT2D eigenvalue weighted by Crippen LogP contribution is -2.59. The van der Waals surface area contributed by atoms with Crippen LogP contribution in [0, 0.1) is 6.92 Å². The first-order valence-electron chi connectivity index (χ1n) is 5.74. The molecule has 1 fully saturated rings. The van der Waals surface area contributed by atoms with Gasteiger partial charge in [0.05, 0.1) is 0 Å². The highest BCUT2D eigenvalue weighted by Crippen LogP contribution is 2.15. The lowest BCUT2D eigenvalue weighted by Gasteiger charge is -2.32. The summed E-state index contributed by atoms with van der Waals surface area (Å²) in [5, 5.41) is 2.22. The Morgan fingerprint density at radius 2 is 2.22 bits per heavy atom. The van der Waals surface area contributed by atoms with Gasteiger partial charge in [0.2, 0.25) is 11.8 Å². The predicted octanol–water partition coefficient (Wildman–Crippen LogP) is 0.465. The van der Waals surface area contributed by atoms with Crippen molar-refractivity contribution in [1.29, 1.82) is 0 Å². The average Bonchev–Trinajstić information content (AvgIpc) is 2.74. The first kappa shape index (κ1) is 12.3. The number of nitrogens with zero attached hydrogens (tertiary/aromatic N) is 1. The molecule has 6 nitrogen and oxygen atoms in total. The zero-order valence-electron chi connectivity index (χ0n) is 10.2. The Morgan fingerprint density at radius 3 is 2.78 bits per heavy atom. The van der Waals surface area contributed by atoms with Crippen molar-refractivity contribution in [2.24, 2.45) is 0 Å². The maximum atomic E-state index is 12.2. The van der Waals surface area contributed by atoms with E-state index in [-0.39, 0.29) is 12.3 Å². The van der Waals surface area contributed by atoms with Crippen LogP contribution >= 0.6 is 0 Å². The molecule has 96 valence electrons. The summed E-state index contributed by atoms with van der Waals surface area (Å²) in [5.41, 5.74) is 0. The number of imide groups is 1. The molecule has 0 aliphatic carbocycles. The molecule has 0 bridgehead atoms. The van der Waals surface area contributed by atoms with Gasteiger partial charge in [-0.05, 0) is 25.5 Å². The van der Waals surface area contributed by atoms with Crippen LogP contribution in [0.15, 0.2) is 16.5 Å². The monoisotopic (exact) mass is 250 g/mol. The third-order valence-corrected chi connectivity index (χ3v) is 2.85. The number of carbonyl (C=O) groups is 3. The van der Waals surface area contributed by atoms with Gasteiger partial charge in [-0.1, -0.05) is 6.92 Å². The molecule has 1 unspecified atom stereocenters. The van der Waals surface area contributed by atoms with Gasteiger partial charge in [-0.15, -0.1) is 0 Å². The second kappa shape index (κ2) is 4.64. The Hall–Kier alpha value is -2.11. The molecule has 2 heterocycles. The minimum absolute atomic E-state index is 0.122. The van der Waals surface area contributed by atoms with E-state index in [4.69, 9.17) is 4.42 Å². The maximum Gasteiger partial charge on any atom is 0.290 e. The molecule has 1 N–H and O–H groups in total. The zero-order valence-corrected chi connectivity index (χ0v) is 10.2. The standard InChI is InChI=1S/C12H14N2O4/c1-3-8-11(16)13-10(15)6-14(8)12(17)9-5-4-7(2)18-9/h4-5,8H,3,6H2,1-2H3,(H,13,15,16). The van der Waals surface area contributed by atoms with Crippen molar-refractivity contribution in [1.82, 2.24) is 10.2 Å². The van der Waals surface area contributed by atoms with Crippen LogP contribution in [0.3, 0.4) is 0 Å². The highest BCUT2D eigenvalue weighted by molar-refractivity contribution is 6.06. The molecule has 0 radical (unpaired) electrons. The van der Waals surface area contributed by atoms with E-state index < -0.39 is 23.8 Å². The summed E-state index contributed by atoms with van der Waals surface area (Å²) in [6, 6.07) is 2.59. The second-order valence-corrected chi connectivity index (χ2v) is 4.18. The van der Waals surface area contributed by atoms with E-state index in [2.05, 4.69) is 5.32 Å². The molecule has 0 saturated carbocycles. The number of nitrogens with one attached hydrogen (secondary N) is 1. The highest BCUT2D eigenvalue weighted by Gasteiger charge is 2.36. The molecule has 2 rings (SSSR count). The van der Waals surface area contributed by atoms with Gasteiger partial charge in [-0.3, -0.25) is 19.7 Å². The molecule has 1 aromatic rings. The highest BCUT2D eigenvalue weighted by atomic mass is 16.3. The van der Waals surface area contributed by atoms with Crippen molar-refractivity contribution in [2.75, 3.05) is 6.54 Å². The number of rotatable bonds is 2. The van der Waals surface area contributed by atoms with E-state index in [0.717, 1.165) is 0 Å². The number of aryl methyl sites for hydroxylation is 1. The molecule has 6 heteroatoms. The minimum atomic E-state index is -0.624. The number of carbonyl (C=O) groups excluding carboxylic acids is 3. The predicted molar refractivity (Wildman–Crippen MR) is 61.7 cm³/mol. The molecule has 0 aromatic carbocycles. The Morgan fingerprint density at radius 1 is 1.50 bits per heavy atom. The molecule has 1 atom stereocenters. The number of piperazine rings is 1. The third-order valence-electron chi connectivity index (χ3n) is 2.85. The summed E-state index contributed by atoms with van der Waals surface area (Å²) in [7, 11) is 0. The SMILES string of the molecule is CCC1C(=O)NC(=O)CN1C(=O)c1ccc(C)o1. The Bertz CT molecular complexity index is 506. The summed E-state index contributed by atoms with van der Waals surface area (Å²) in [4.78, 5) is 36.4. The Balaban J connectivity index is 2.26. The van der Waals surface area contributed by atoms with Crippen molar-refractivity contribution in [3.63, 3.8) is 0 Å². The smallest absolute Gasteiger partial charge is 0.290 e. The summed E-state index contributed by atoms with van der Waals surface area (Å²) in [5.74, 6) is -0.586. The summed E-state index contributed by atoms with van der Waals surface area (Å²) in [6.45, 7) is 3.39. The molecule has 1 aliphatic rings. The Kier molecular flexibility index (Phi) is 3.18. The van der Waals surface area contributed by atoms with Gasteiger partial charge in [0.25, 0.3) is 5.91 Å². The van der Waals surface area contributed by atoms with Crippen LogP contribution in [0.4, 0.5) is 0 Å². The van der Waals surface area contributed by atoms with Crippen LogP contribution in [0.25, 0.3) is 0 Å². The molecule has 0 spiro atoms. The van der Waals surface area contributed by atoms with Gasteiger partial charge in [-0.25, -0.2) is 0 Å². The molecular formula is C12H14N2O4. The van der Waals surface area contributed by atoms with Crippen molar-refractivity contribution < 1.29 is 18.8 Å². The second-order valence-electron chi connectivity index (χ2n) is 4.18. The van der Waals surface area contributed by atoms with Crippen molar-refractivity contribution in [3.8, 4) is 0 Å². The quantitative estimate of drug-likeness (QED) is 0.773. The summed E-state index contributed by atoms with van der Waals surface area (Å²) < 4.78 is 5.23. The van der Waals surface area contributed by atoms with Crippen LogP contribution in [-0.4, -0.2) is 35.2 Å². The van der Waals surface area contributed by atoms with Crippen molar-refractivity contribution in [2.45, 2.75) is 26.3 Å². The zero-order chi connectivity index (χ0) is 13.3. The molecule has 1 aliphatic heterocycles. The molecule has 3 amide bonds. The van der Waals surface area contributed by atoms with E-state index in [9.17, 15) is 14.4 Å². The topological polar surface area (TPSA) is 79.6 Å². The first-order valence-corrected chi connectivity index (χ1v) is 5.74. The van der Waals surface area contributed by atoms with Crippen LogP contribution in [0.2, 0.25) is 0 Å². The van der Waals surface area contributed by atoms with Gasteiger partial charge in [0, 0.05) is 0 Å². The van der Waals surface area contributed by atoms with Crippen LogP contribution in [0.5, 0.6) is 0 Å². The number of hydrogen-bond acceptors (Lipinski definition) is 4. The number of amides is 3. The maximum absolute atomic E-state index is 12.2. The first-order chi connectivity index (χ1) is 8.52. The van der Waals surface area contributed by atoms with Gasteiger partial charge in [0.15, 0.2) is 5.76 Å². The van der Waals surface area contributed by atoms with E-state index in [0.29, 0.717) is 12.2 Å². The Labute approximate surface area is 104 Å². The lowest BCUT2D eigenvalue weighted by atomic mass is 10.1. The minimum Gasteiger partial charge on any atom is -0.456 e. The van der Waals surface area contributed by atoms with Gasteiger partial charge < -0.3 is 9.32 Å². The van der Waals surface area contributed by atoms with E-state index in [1.54, 1.807) is 26.0 Å². The van der Waals surface area contributed by atoms with E-state index in [1.807, 2.05) is 0 Å². The fourth-order valence-electron chi connectivity index (χ4n) is 1.98. The summed E-state index contributed by atoms with van der Waals surface area (Å²) in [6.07, 6.45) is 0.449. The number of hydrogen-bond donors (Lipinski definition) is 1. The van der Waals surface area contributed by atoms with Crippen molar-refractivity contribution in [3.05, 3.63) is 23.7 Å². The van der Waals surface area contributed by atoms with E-state index >= 15 is 0 Å². The third kappa shape index (κ3) is 2.13. The number of furan rings is 1. The van der Waals surface area contributed by atoms with Crippen molar-refractivity contribution >= 4 is 17.7 Å². The average molecular weight is 250 g/mol. The van der Waals surface area contributed by atoms with Gasteiger partial charge in [0.1, 0.15) is 18.3 Å². The van der Waals surface area contributed by atoms with Crippen LogP contribution in [-0.2, 0) is 9.59 Å². The fourth-order valence-corrected chi connectivity index (χ4v) is 1.98. The molecular weight excluding hydrogens is 236 g/mol. The molecule has 1 saturated heterocycles. The fraction of sp³-hybridized carbons (Fsp3) is 0.417. The summed E-state index contributed by atoms with van der Waals surface area (Å²) >= 11 is 0. The largest absolute Gasteiger partial charge is 0.456 e. The van der Waals surface area contributed by atoms with Gasteiger partial charge in [-0.2, -0.15) is 0 Å².